The normalized spacial score (nSPS) is 23.8. The maximum Gasteiger partial charge on any atom is 0.262 e. The van der Waals surface area contributed by atoms with Gasteiger partial charge in [0.2, 0.25) is 0 Å². The molecule has 3 rings (SSSR count). The summed E-state index contributed by atoms with van der Waals surface area (Å²) >= 11 is 3.83. The van der Waals surface area contributed by atoms with Crippen LogP contribution in [-0.2, 0) is 15.6 Å². The highest BCUT2D eigenvalue weighted by Gasteiger charge is 2.41. The summed E-state index contributed by atoms with van der Waals surface area (Å²) in [6.07, 6.45) is 4.11. The average Bonchev–Trinajstić information content (AvgIpc) is 2.64. The van der Waals surface area contributed by atoms with Crippen molar-refractivity contribution >= 4 is 31.8 Å². The van der Waals surface area contributed by atoms with Crippen molar-refractivity contribution in [2.75, 3.05) is 0 Å². The molecule has 1 N–H and O–H groups in total. The minimum absolute atomic E-state index is 0.167. The number of hydrogen-bond acceptors (Lipinski definition) is 3. The van der Waals surface area contributed by atoms with Gasteiger partial charge in [-0.2, -0.15) is 0 Å². The zero-order valence-electron chi connectivity index (χ0n) is 15.7. The van der Waals surface area contributed by atoms with Crippen molar-refractivity contribution in [3.63, 3.8) is 0 Å². The Kier molecular flexibility index (Phi) is 6.06. The smallest absolute Gasteiger partial charge is 0.262 e. The summed E-state index contributed by atoms with van der Waals surface area (Å²) in [4.78, 5) is 5.34. The number of aryl methyl sites for hydroxylation is 1. The first kappa shape index (κ1) is 20.1. The third-order valence-corrected chi connectivity index (χ3v) is 7.71. The van der Waals surface area contributed by atoms with Crippen LogP contribution in [0, 0.1) is 6.92 Å². The van der Waals surface area contributed by atoms with Gasteiger partial charge >= 0.3 is 0 Å². The molecule has 0 saturated heterocycles. The zero-order valence-corrected chi connectivity index (χ0v) is 18.1. The fraction of sp³-hybridized carbons (Fsp3) is 0.381. The van der Waals surface area contributed by atoms with Gasteiger partial charge in [0.1, 0.15) is 11.4 Å². The maximum absolute atomic E-state index is 12.7. The van der Waals surface area contributed by atoms with Crippen LogP contribution in [-0.4, -0.2) is 19.1 Å². The van der Waals surface area contributed by atoms with Crippen molar-refractivity contribution in [1.82, 2.24) is 4.72 Å². The van der Waals surface area contributed by atoms with Crippen LogP contribution in [0.5, 0.6) is 0 Å². The molecule has 1 aliphatic carbocycles. The number of aliphatic imine (C=N–C) groups is 1. The molecular formula is C21H25BrN2O2S. The van der Waals surface area contributed by atoms with Gasteiger partial charge in [0.15, 0.2) is 0 Å². The highest BCUT2D eigenvalue weighted by atomic mass is 79.9. The second-order valence-electron chi connectivity index (χ2n) is 7.12. The first-order valence-corrected chi connectivity index (χ1v) is 11.6. The molecule has 2 atom stereocenters. The predicted molar refractivity (Wildman–Crippen MR) is 114 cm³/mol. The van der Waals surface area contributed by atoms with E-state index in [0.29, 0.717) is 5.84 Å². The van der Waals surface area contributed by atoms with Gasteiger partial charge in [0.05, 0.1) is 4.90 Å². The maximum atomic E-state index is 12.7. The third kappa shape index (κ3) is 4.43. The summed E-state index contributed by atoms with van der Waals surface area (Å²) in [5.74, 6) is 0.408. The molecule has 0 aliphatic heterocycles. The van der Waals surface area contributed by atoms with Gasteiger partial charge < -0.3 is 0 Å². The number of rotatable bonds is 4. The topological polar surface area (TPSA) is 58.5 Å². The standard InChI is InChI=1S/C21H25BrN2O2S/c1-16-11-13-19(14-12-16)27(25,26)24-17(2)23-21(15-7-6-10-20(21)22)18-8-4-3-5-9-18/h3-5,8-9,11-14,20H,6-7,10,15H2,1-2H3,(H,23,24)/t20-,21+/m0/s1. The van der Waals surface area contributed by atoms with E-state index in [1.807, 2.05) is 25.1 Å². The molecule has 0 radical (unpaired) electrons. The number of alkyl halides is 1. The van der Waals surface area contributed by atoms with Gasteiger partial charge in [-0.1, -0.05) is 76.8 Å². The fourth-order valence-electron chi connectivity index (χ4n) is 3.65. The van der Waals surface area contributed by atoms with E-state index in [4.69, 9.17) is 4.99 Å². The van der Waals surface area contributed by atoms with Gasteiger partial charge in [0, 0.05) is 4.83 Å². The van der Waals surface area contributed by atoms with E-state index in [1.54, 1.807) is 31.2 Å². The van der Waals surface area contributed by atoms with Crippen molar-refractivity contribution in [3.05, 3.63) is 65.7 Å². The Morgan fingerprint density at radius 3 is 2.41 bits per heavy atom. The SMILES string of the molecule is CC(=N[C@@]1(c2ccccc2)CCCC[C@@H]1Br)NS(=O)(=O)c1ccc(C)cc1. The molecule has 2 aromatic rings. The Hall–Kier alpha value is -1.66. The first-order valence-electron chi connectivity index (χ1n) is 9.19. The van der Waals surface area contributed by atoms with Crippen LogP contribution >= 0.6 is 15.9 Å². The van der Waals surface area contributed by atoms with E-state index in [0.717, 1.165) is 36.8 Å². The van der Waals surface area contributed by atoms with E-state index in [1.165, 1.54) is 0 Å². The summed E-state index contributed by atoms with van der Waals surface area (Å²) < 4.78 is 28.1. The molecule has 1 fully saturated rings. The second kappa shape index (κ2) is 8.15. The molecule has 0 amide bonds. The Bertz CT molecular complexity index is 911. The molecule has 0 bridgehead atoms. The Morgan fingerprint density at radius 2 is 1.78 bits per heavy atom. The molecule has 1 aliphatic rings. The summed E-state index contributed by atoms with van der Waals surface area (Å²) in [6.45, 7) is 3.66. The van der Waals surface area contributed by atoms with Crippen molar-refractivity contribution in [1.29, 1.82) is 0 Å². The van der Waals surface area contributed by atoms with E-state index >= 15 is 0 Å². The average molecular weight is 449 g/mol. The summed E-state index contributed by atoms with van der Waals surface area (Å²) in [5, 5.41) is 0. The molecule has 144 valence electrons. The van der Waals surface area contributed by atoms with Crippen molar-refractivity contribution < 1.29 is 8.42 Å². The molecule has 0 unspecified atom stereocenters. The molecule has 0 aromatic heterocycles. The minimum Gasteiger partial charge on any atom is -0.267 e. The first-order chi connectivity index (χ1) is 12.8. The molecule has 0 heterocycles. The van der Waals surface area contributed by atoms with Crippen molar-refractivity contribution in [3.8, 4) is 0 Å². The van der Waals surface area contributed by atoms with E-state index in [-0.39, 0.29) is 9.72 Å². The lowest BCUT2D eigenvalue weighted by atomic mass is 9.77. The molecule has 2 aromatic carbocycles. The highest BCUT2D eigenvalue weighted by Crippen LogP contribution is 2.44. The molecule has 6 heteroatoms. The molecule has 0 spiro atoms. The molecule has 4 nitrogen and oxygen atoms in total. The predicted octanol–water partition coefficient (Wildman–Crippen LogP) is 4.92. The van der Waals surface area contributed by atoms with Crippen LogP contribution in [0.25, 0.3) is 0 Å². The number of halogens is 1. The number of benzene rings is 2. The number of hydrogen-bond donors (Lipinski definition) is 1. The number of amidine groups is 1. The van der Waals surface area contributed by atoms with E-state index in [2.05, 4.69) is 32.8 Å². The van der Waals surface area contributed by atoms with Gasteiger partial charge in [-0.15, -0.1) is 0 Å². The quantitative estimate of drug-likeness (QED) is 0.409. The molecular weight excluding hydrogens is 424 g/mol. The van der Waals surface area contributed by atoms with Crippen LogP contribution in [0.15, 0.2) is 64.5 Å². The summed E-state index contributed by atoms with van der Waals surface area (Å²) in [6, 6.07) is 17.0. The number of nitrogens with one attached hydrogen (secondary N) is 1. The molecule has 1 saturated carbocycles. The van der Waals surface area contributed by atoms with Crippen LogP contribution < -0.4 is 4.72 Å². The second-order valence-corrected chi connectivity index (χ2v) is 9.91. The Labute approximate surface area is 170 Å². The minimum atomic E-state index is -3.65. The lowest BCUT2D eigenvalue weighted by Crippen LogP contribution is -2.40. The highest BCUT2D eigenvalue weighted by molar-refractivity contribution is 9.09. The lowest BCUT2D eigenvalue weighted by Gasteiger charge is -2.39. The van der Waals surface area contributed by atoms with Crippen LogP contribution in [0.3, 0.4) is 0 Å². The third-order valence-electron chi connectivity index (χ3n) is 5.04. The van der Waals surface area contributed by atoms with Crippen LogP contribution in [0.4, 0.5) is 0 Å². The van der Waals surface area contributed by atoms with Gasteiger partial charge in [-0.05, 0) is 44.4 Å². The largest absolute Gasteiger partial charge is 0.267 e. The Balaban J connectivity index is 1.94. The number of sulfonamides is 1. The van der Waals surface area contributed by atoms with Gasteiger partial charge in [-0.3, -0.25) is 9.71 Å². The van der Waals surface area contributed by atoms with E-state index < -0.39 is 15.6 Å². The monoisotopic (exact) mass is 448 g/mol. The Morgan fingerprint density at radius 1 is 1.11 bits per heavy atom. The number of nitrogens with zero attached hydrogens (tertiary/aromatic N) is 1. The van der Waals surface area contributed by atoms with Crippen molar-refractivity contribution in [2.45, 2.75) is 54.8 Å². The van der Waals surface area contributed by atoms with Gasteiger partial charge in [0.25, 0.3) is 10.0 Å². The van der Waals surface area contributed by atoms with Crippen molar-refractivity contribution in [2.24, 2.45) is 4.99 Å². The summed E-state index contributed by atoms with van der Waals surface area (Å²) in [5.41, 5.74) is 1.67. The lowest BCUT2D eigenvalue weighted by molar-refractivity contribution is 0.321. The summed E-state index contributed by atoms with van der Waals surface area (Å²) in [7, 11) is -3.65. The zero-order chi connectivity index (χ0) is 19.5. The van der Waals surface area contributed by atoms with Crippen LogP contribution in [0.1, 0.15) is 43.7 Å². The fourth-order valence-corrected chi connectivity index (χ4v) is 5.61. The van der Waals surface area contributed by atoms with Gasteiger partial charge in [-0.25, -0.2) is 8.42 Å². The van der Waals surface area contributed by atoms with Crippen LogP contribution in [0.2, 0.25) is 0 Å². The van der Waals surface area contributed by atoms with E-state index in [9.17, 15) is 8.42 Å². The molecule has 27 heavy (non-hydrogen) atoms.